The zero-order chi connectivity index (χ0) is 19.7. The minimum absolute atomic E-state index is 0.0348. The van der Waals surface area contributed by atoms with Gasteiger partial charge in [0.15, 0.2) is 0 Å². The van der Waals surface area contributed by atoms with Gasteiger partial charge < -0.3 is 4.74 Å². The van der Waals surface area contributed by atoms with Crippen LogP contribution in [0.15, 0.2) is 48.5 Å². The molecule has 0 aromatic heterocycles. The van der Waals surface area contributed by atoms with Crippen LogP contribution in [0.3, 0.4) is 0 Å². The second-order valence-electron chi connectivity index (χ2n) is 6.14. The fourth-order valence-corrected chi connectivity index (χ4v) is 3.72. The normalized spacial score (nSPS) is 11.3. The largest absolute Gasteiger partial charge is 0.466 e. The summed E-state index contributed by atoms with van der Waals surface area (Å²) in [6, 6.07) is 14.7. The molecule has 0 atom stereocenters. The van der Waals surface area contributed by atoms with Gasteiger partial charge in [-0.05, 0) is 48.6 Å². The average Bonchev–Trinajstić information content (AvgIpc) is 2.63. The van der Waals surface area contributed by atoms with Crippen LogP contribution in [-0.2, 0) is 38.8 Å². The lowest BCUT2D eigenvalue weighted by atomic mass is 10.1. The van der Waals surface area contributed by atoms with E-state index in [-0.39, 0.29) is 18.1 Å². The highest BCUT2D eigenvalue weighted by Gasteiger charge is 2.10. The first-order valence-corrected chi connectivity index (χ1v) is 10.9. The second-order valence-corrected chi connectivity index (χ2v) is 8.50. The summed E-state index contributed by atoms with van der Waals surface area (Å²) >= 11 is 5.82. The maximum atomic E-state index is 12.1. The summed E-state index contributed by atoms with van der Waals surface area (Å²) in [4.78, 5) is 11.5. The summed E-state index contributed by atoms with van der Waals surface area (Å²) in [6.07, 6.45) is 1.26. The third-order valence-electron chi connectivity index (χ3n) is 3.99. The number of hydrogen-bond acceptors (Lipinski definition) is 4. The van der Waals surface area contributed by atoms with Gasteiger partial charge in [0, 0.05) is 11.6 Å². The fourth-order valence-electron chi connectivity index (χ4n) is 2.53. The van der Waals surface area contributed by atoms with Crippen molar-refractivity contribution < 1.29 is 17.9 Å². The molecule has 0 fully saturated rings. The van der Waals surface area contributed by atoms with E-state index in [2.05, 4.69) is 4.72 Å². The molecule has 1 N–H and O–H groups in total. The predicted octanol–water partition coefficient (Wildman–Crippen LogP) is 3.15. The lowest BCUT2D eigenvalue weighted by Crippen LogP contribution is -2.29. The molecule has 146 valence electrons. The van der Waals surface area contributed by atoms with Gasteiger partial charge in [-0.25, -0.2) is 13.1 Å². The lowest BCUT2D eigenvalue weighted by Gasteiger charge is -2.08. The minimum Gasteiger partial charge on any atom is -0.466 e. The number of benzene rings is 2. The van der Waals surface area contributed by atoms with Crippen molar-refractivity contribution >= 4 is 27.6 Å². The third kappa shape index (κ3) is 8.12. The quantitative estimate of drug-likeness (QED) is 0.612. The van der Waals surface area contributed by atoms with Gasteiger partial charge in [-0.1, -0.05) is 48.0 Å². The second kappa shape index (κ2) is 10.4. The summed E-state index contributed by atoms with van der Waals surface area (Å²) in [6.45, 7) is 2.48. The van der Waals surface area contributed by atoms with Gasteiger partial charge in [0.05, 0.1) is 18.8 Å². The van der Waals surface area contributed by atoms with Crippen LogP contribution >= 0.6 is 11.6 Å². The Morgan fingerprint density at radius 3 is 2.15 bits per heavy atom. The van der Waals surface area contributed by atoms with Gasteiger partial charge in [-0.3, -0.25) is 4.79 Å². The summed E-state index contributed by atoms with van der Waals surface area (Å²) < 4.78 is 31.8. The van der Waals surface area contributed by atoms with Crippen LogP contribution in [0, 0.1) is 0 Å². The van der Waals surface area contributed by atoms with Crippen molar-refractivity contribution in [3.63, 3.8) is 0 Å². The zero-order valence-electron chi connectivity index (χ0n) is 15.3. The average molecular weight is 410 g/mol. The number of esters is 1. The molecule has 0 amide bonds. The van der Waals surface area contributed by atoms with Gasteiger partial charge in [0.2, 0.25) is 10.0 Å². The monoisotopic (exact) mass is 409 g/mol. The van der Waals surface area contributed by atoms with Crippen LogP contribution in [0.1, 0.15) is 23.6 Å². The van der Waals surface area contributed by atoms with Gasteiger partial charge in [0.1, 0.15) is 0 Å². The molecule has 5 nitrogen and oxygen atoms in total. The predicted molar refractivity (Wildman–Crippen MR) is 107 cm³/mol. The van der Waals surface area contributed by atoms with Crippen molar-refractivity contribution in [3.05, 3.63) is 70.2 Å². The number of halogens is 1. The van der Waals surface area contributed by atoms with E-state index < -0.39 is 10.0 Å². The van der Waals surface area contributed by atoms with Gasteiger partial charge in [0.25, 0.3) is 0 Å². The Balaban J connectivity index is 1.75. The van der Waals surface area contributed by atoms with E-state index >= 15 is 0 Å². The maximum Gasteiger partial charge on any atom is 0.310 e. The first kappa shape index (κ1) is 21.4. The van der Waals surface area contributed by atoms with Crippen LogP contribution in [0.4, 0.5) is 0 Å². The molecule has 27 heavy (non-hydrogen) atoms. The van der Waals surface area contributed by atoms with E-state index in [1.807, 2.05) is 36.4 Å². The van der Waals surface area contributed by atoms with E-state index in [0.717, 1.165) is 16.7 Å². The summed E-state index contributed by atoms with van der Waals surface area (Å²) in [5.41, 5.74) is 2.81. The fraction of sp³-hybridized carbons (Fsp3) is 0.350. The first-order valence-electron chi connectivity index (χ1n) is 8.83. The highest BCUT2D eigenvalue weighted by atomic mass is 35.5. The molecule has 0 aliphatic carbocycles. The maximum absolute atomic E-state index is 12.1. The number of carbonyl (C=O) groups is 1. The van der Waals surface area contributed by atoms with Crippen LogP contribution in [0.25, 0.3) is 0 Å². The number of hydrogen-bond donors (Lipinski definition) is 1. The molecule has 0 aliphatic rings. The van der Waals surface area contributed by atoms with Gasteiger partial charge in [-0.2, -0.15) is 0 Å². The zero-order valence-corrected chi connectivity index (χ0v) is 16.9. The molecular weight excluding hydrogens is 386 g/mol. The standard InChI is InChI=1S/C20H24ClNO4S/c1-2-26-20(23)15-18-5-3-16(4-6-18)11-13-22-27(24,25)14-12-17-7-9-19(21)10-8-17/h3-10,22H,2,11-15H2,1H3. The molecule has 2 rings (SSSR count). The number of nitrogens with one attached hydrogen (secondary N) is 1. The van der Waals surface area contributed by atoms with Crippen molar-refractivity contribution in [1.29, 1.82) is 0 Å². The van der Waals surface area contributed by atoms with Crippen molar-refractivity contribution in [2.45, 2.75) is 26.2 Å². The Morgan fingerprint density at radius 1 is 0.963 bits per heavy atom. The highest BCUT2D eigenvalue weighted by Crippen LogP contribution is 2.10. The van der Waals surface area contributed by atoms with Crippen LogP contribution in [0.2, 0.25) is 5.02 Å². The summed E-state index contributed by atoms with van der Waals surface area (Å²) in [7, 11) is -3.33. The minimum atomic E-state index is -3.33. The van der Waals surface area contributed by atoms with Crippen molar-refractivity contribution in [2.75, 3.05) is 18.9 Å². The summed E-state index contributed by atoms with van der Waals surface area (Å²) in [5, 5.41) is 0.632. The topological polar surface area (TPSA) is 72.5 Å². The molecule has 0 aliphatic heterocycles. The molecule has 0 bridgehead atoms. The van der Waals surface area contributed by atoms with Crippen LogP contribution < -0.4 is 4.72 Å². The third-order valence-corrected chi connectivity index (χ3v) is 5.62. The molecule has 0 saturated carbocycles. The Kier molecular flexibility index (Phi) is 8.28. The van der Waals surface area contributed by atoms with Gasteiger partial charge in [-0.15, -0.1) is 0 Å². The number of ether oxygens (including phenoxy) is 1. The molecule has 0 saturated heterocycles. The Hall–Kier alpha value is -1.89. The molecule has 0 unspecified atom stereocenters. The van der Waals surface area contributed by atoms with Crippen molar-refractivity contribution in [2.24, 2.45) is 0 Å². The SMILES string of the molecule is CCOC(=O)Cc1ccc(CCNS(=O)(=O)CCc2ccc(Cl)cc2)cc1. The number of carbonyl (C=O) groups excluding carboxylic acids is 1. The molecule has 2 aromatic carbocycles. The van der Waals surface area contributed by atoms with E-state index in [1.54, 1.807) is 19.1 Å². The Morgan fingerprint density at radius 2 is 1.52 bits per heavy atom. The lowest BCUT2D eigenvalue weighted by molar-refractivity contribution is -0.142. The van der Waals surface area contributed by atoms with E-state index in [1.165, 1.54) is 0 Å². The highest BCUT2D eigenvalue weighted by molar-refractivity contribution is 7.89. The van der Waals surface area contributed by atoms with E-state index in [4.69, 9.17) is 16.3 Å². The molecule has 0 heterocycles. The number of rotatable bonds is 10. The number of aryl methyl sites for hydroxylation is 1. The van der Waals surface area contributed by atoms with E-state index in [9.17, 15) is 13.2 Å². The molecule has 0 radical (unpaired) electrons. The molecule has 2 aromatic rings. The Labute approximate surface area is 165 Å². The van der Waals surface area contributed by atoms with Crippen LogP contribution in [-0.4, -0.2) is 33.3 Å². The van der Waals surface area contributed by atoms with Crippen molar-refractivity contribution in [1.82, 2.24) is 4.72 Å². The van der Waals surface area contributed by atoms with E-state index in [0.29, 0.717) is 31.0 Å². The molecule has 7 heteroatoms. The summed E-state index contributed by atoms with van der Waals surface area (Å²) in [5.74, 6) is -0.216. The van der Waals surface area contributed by atoms with Crippen molar-refractivity contribution in [3.8, 4) is 0 Å². The molecular formula is C20H24ClNO4S. The van der Waals surface area contributed by atoms with Gasteiger partial charge >= 0.3 is 5.97 Å². The smallest absolute Gasteiger partial charge is 0.310 e. The Bertz CT molecular complexity index is 833. The first-order chi connectivity index (χ1) is 12.9. The van der Waals surface area contributed by atoms with Crippen LogP contribution in [0.5, 0.6) is 0 Å². The number of sulfonamides is 1. The molecule has 0 spiro atoms.